The Morgan fingerprint density at radius 1 is 0.968 bits per heavy atom. The third-order valence-electron chi connectivity index (χ3n) is 4.18. The van der Waals surface area contributed by atoms with E-state index in [2.05, 4.69) is 15.6 Å². The summed E-state index contributed by atoms with van der Waals surface area (Å²) in [7, 11) is -3.83. The summed E-state index contributed by atoms with van der Waals surface area (Å²) in [6.45, 7) is 3.48. The predicted octanol–water partition coefficient (Wildman–Crippen LogP) is 3.09. The van der Waals surface area contributed by atoms with Gasteiger partial charge in [-0.2, -0.15) is 0 Å². The van der Waals surface area contributed by atoms with E-state index < -0.39 is 27.9 Å². The molecule has 0 aliphatic rings. The first-order valence-electron chi connectivity index (χ1n) is 9.25. The maximum absolute atomic E-state index is 12.6. The van der Waals surface area contributed by atoms with Crippen LogP contribution in [0.3, 0.4) is 0 Å². The summed E-state index contributed by atoms with van der Waals surface area (Å²) in [5.74, 6) is -0.723. The minimum atomic E-state index is -3.83. The predicted molar refractivity (Wildman–Crippen MR) is 118 cm³/mol. The van der Waals surface area contributed by atoms with Gasteiger partial charge in [-0.15, -0.1) is 11.3 Å². The highest BCUT2D eigenvalue weighted by atomic mass is 32.2. The Kier molecular flexibility index (Phi) is 6.93. The second-order valence-corrected chi connectivity index (χ2v) is 9.46. The average Bonchev–Trinajstić information content (AvgIpc) is 3.29. The quantitative estimate of drug-likeness (QED) is 0.470. The van der Waals surface area contributed by atoms with Crippen molar-refractivity contribution in [3.05, 3.63) is 77.2 Å². The molecule has 162 valence electrons. The molecular weight excluding hydrogens is 438 g/mol. The number of amides is 2. The molecule has 3 aromatic rings. The first kappa shape index (κ1) is 22.3. The maximum atomic E-state index is 12.6. The van der Waals surface area contributed by atoms with Crippen LogP contribution in [0, 0.1) is 6.92 Å². The van der Waals surface area contributed by atoms with Crippen LogP contribution in [0.4, 0.5) is 5.69 Å². The third-order valence-corrected chi connectivity index (χ3v) is 6.94. The Labute approximate surface area is 184 Å². The summed E-state index contributed by atoms with van der Waals surface area (Å²) in [6.07, 6.45) is -0.865. The topological polar surface area (TPSA) is 114 Å². The molecule has 31 heavy (non-hydrogen) atoms. The lowest BCUT2D eigenvalue weighted by Crippen LogP contribution is -2.47. The van der Waals surface area contributed by atoms with E-state index in [0.29, 0.717) is 5.75 Å². The summed E-state index contributed by atoms with van der Waals surface area (Å²) >= 11 is 1.06. The highest BCUT2D eigenvalue weighted by molar-refractivity contribution is 7.94. The van der Waals surface area contributed by atoms with Gasteiger partial charge in [-0.25, -0.2) is 8.42 Å². The van der Waals surface area contributed by atoms with Crippen molar-refractivity contribution >= 4 is 38.9 Å². The van der Waals surface area contributed by atoms with Crippen molar-refractivity contribution < 1.29 is 22.7 Å². The number of carbonyl (C=O) groups is 2. The monoisotopic (exact) mass is 459 g/mol. The number of benzene rings is 2. The summed E-state index contributed by atoms with van der Waals surface area (Å²) in [6, 6.07) is 16.4. The van der Waals surface area contributed by atoms with Crippen LogP contribution in [0.25, 0.3) is 0 Å². The second-order valence-electron chi connectivity index (χ2n) is 6.60. The molecular formula is C21H21N3O5S2. The van der Waals surface area contributed by atoms with Crippen LogP contribution in [0.15, 0.2) is 70.3 Å². The molecule has 3 rings (SSSR count). The number of anilines is 1. The van der Waals surface area contributed by atoms with Gasteiger partial charge >= 0.3 is 0 Å². The lowest BCUT2D eigenvalue weighted by Gasteiger charge is -2.16. The summed E-state index contributed by atoms with van der Waals surface area (Å²) < 4.78 is 33.0. The van der Waals surface area contributed by atoms with Gasteiger partial charge in [0.1, 0.15) is 9.96 Å². The van der Waals surface area contributed by atoms with E-state index in [0.717, 1.165) is 16.9 Å². The largest absolute Gasteiger partial charge is 0.481 e. The number of thiophene rings is 1. The number of nitrogens with one attached hydrogen (secondary N) is 3. The number of ether oxygens (including phenoxy) is 1. The Morgan fingerprint density at radius 3 is 2.35 bits per heavy atom. The molecule has 0 spiro atoms. The molecule has 2 amide bonds. The highest BCUT2D eigenvalue weighted by Crippen LogP contribution is 2.22. The molecule has 0 saturated heterocycles. The van der Waals surface area contributed by atoms with Crippen LogP contribution >= 0.6 is 11.3 Å². The number of hydrogen-bond acceptors (Lipinski definition) is 6. The smallest absolute Gasteiger partial charge is 0.279 e. The second kappa shape index (κ2) is 9.63. The summed E-state index contributed by atoms with van der Waals surface area (Å²) in [5, 5.41) is 1.64. The van der Waals surface area contributed by atoms with Crippen molar-refractivity contribution in [1.82, 2.24) is 10.9 Å². The molecule has 1 heterocycles. The first-order chi connectivity index (χ1) is 14.8. The summed E-state index contributed by atoms with van der Waals surface area (Å²) in [5.41, 5.74) is 5.78. The van der Waals surface area contributed by atoms with E-state index in [9.17, 15) is 18.0 Å². The van der Waals surface area contributed by atoms with Gasteiger partial charge in [0, 0.05) is 0 Å². The minimum Gasteiger partial charge on any atom is -0.481 e. The van der Waals surface area contributed by atoms with Crippen molar-refractivity contribution in [2.24, 2.45) is 0 Å². The number of rotatable bonds is 7. The Balaban J connectivity index is 1.63. The molecule has 8 nitrogen and oxygen atoms in total. The number of para-hydroxylation sites is 1. The third kappa shape index (κ3) is 5.83. The summed E-state index contributed by atoms with van der Waals surface area (Å²) in [4.78, 5) is 24.8. The molecule has 1 unspecified atom stereocenters. The highest BCUT2D eigenvalue weighted by Gasteiger charge is 2.20. The molecule has 0 fully saturated rings. The molecule has 0 aliphatic carbocycles. The van der Waals surface area contributed by atoms with Crippen molar-refractivity contribution in [2.45, 2.75) is 24.2 Å². The van der Waals surface area contributed by atoms with E-state index in [1.807, 2.05) is 19.1 Å². The fourth-order valence-electron chi connectivity index (χ4n) is 2.54. The molecule has 2 aromatic carbocycles. The molecule has 0 bridgehead atoms. The van der Waals surface area contributed by atoms with Crippen molar-refractivity contribution in [3.8, 4) is 5.75 Å². The minimum absolute atomic E-state index is 0.0510. The number of aryl methyl sites for hydroxylation is 1. The zero-order valence-electron chi connectivity index (χ0n) is 16.8. The van der Waals surface area contributed by atoms with E-state index in [4.69, 9.17) is 4.74 Å². The van der Waals surface area contributed by atoms with Crippen LogP contribution in [0.5, 0.6) is 5.75 Å². The normalized spacial score (nSPS) is 11.9. The van der Waals surface area contributed by atoms with Crippen LogP contribution in [0.1, 0.15) is 22.8 Å². The van der Waals surface area contributed by atoms with E-state index in [1.165, 1.54) is 18.2 Å². The molecule has 1 atom stereocenters. The van der Waals surface area contributed by atoms with Gasteiger partial charge < -0.3 is 4.74 Å². The molecule has 10 heteroatoms. The van der Waals surface area contributed by atoms with Gasteiger partial charge in [0.05, 0.1) is 11.3 Å². The van der Waals surface area contributed by atoms with Crippen molar-refractivity contribution in [3.63, 3.8) is 0 Å². The maximum Gasteiger partial charge on any atom is 0.279 e. The van der Waals surface area contributed by atoms with Crippen molar-refractivity contribution in [1.29, 1.82) is 0 Å². The standard InChI is InChI=1S/C21H21N3O5S2/c1-14-9-11-16(12-10-14)29-15(2)20(25)22-23-21(26)17-6-3-4-7-18(17)24-31(27,28)19-8-5-13-30-19/h3-13,15,24H,1-2H3,(H,22,25)(H,23,26). The van der Waals surface area contributed by atoms with Gasteiger partial charge in [0.15, 0.2) is 6.10 Å². The van der Waals surface area contributed by atoms with E-state index in [-0.39, 0.29) is 15.5 Å². The van der Waals surface area contributed by atoms with Gasteiger partial charge in [0.25, 0.3) is 21.8 Å². The van der Waals surface area contributed by atoms with Crippen LogP contribution in [0.2, 0.25) is 0 Å². The molecule has 0 radical (unpaired) electrons. The number of carbonyl (C=O) groups excluding carboxylic acids is 2. The van der Waals surface area contributed by atoms with Crippen LogP contribution in [-0.4, -0.2) is 26.3 Å². The lowest BCUT2D eigenvalue weighted by atomic mass is 10.2. The zero-order chi connectivity index (χ0) is 22.4. The number of hydrogen-bond donors (Lipinski definition) is 3. The number of sulfonamides is 1. The zero-order valence-corrected chi connectivity index (χ0v) is 18.4. The molecule has 0 aliphatic heterocycles. The molecule has 0 saturated carbocycles. The fraction of sp³-hybridized carbons (Fsp3) is 0.143. The van der Waals surface area contributed by atoms with Crippen LogP contribution in [-0.2, 0) is 14.8 Å². The van der Waals surface area contributed by atoms with Gasteiger partial charge in [-0.1, -0.05) is 35.9 Å². The van der Waals surface area contributed by atoms with Gasteiger partial charge in [-0.3, -0.25) is 25.2 Å². The SMILES string of the molecule is Cc1ccc(OC(C)C(=O)NNC(=O)c2ccccc2NS(=O)(=O)c2cccs2)cc1. The molecule has 1 aromatic heterocycles. The van der Waals surface area contributed by atoms with E-state index in [1.54, 1.807) is 42.6 Å². The Bertz CT molecular complexity index is 1160. The van der Waals surface area contributed by atoms with E-state index >= 15 is 0 Å². The van der Waals surface area contributed by atoms with Crippen molar-refractivity contribution in [2.75, 3.05) is 4.72 Å². The first-order valence-corrected chi connectivity index (χ1v) is 11.6. The fourth-order valence-corrected chi connectivity index (χ4v) is 4.62. The number of hydrazine groups is 1. The lowest BCUT2D eigenvalue weighted by molar-refractivity contribution is -0.128. The van der Waals surface area contributed by atoms with Gasteiger partial charge in [-0.05, 0) is 49.6 Å². The Morgan fingerprint density at radius 2 is 1.68 bits per heavy atom. The molecule has 3 N–H and O–H groups in total. The van der Waals surface area contributed by atoms with Crippen LogP contribution < -0.4 is 20.3 Å². The average molecular weight is 460 g/mol. The Hall–Kier alpha value is -3.37. The van der Waals surface area contributed by atoms with Gasteiger partial charge in [0.2, 0.25) is 0 Å².